The van der Waals surface area contributed by atoms with Crippen LogP contribution in [0.4, 0.5) is 5.82 Å². The van der Waals surface area contributed by atoms with Crippen LogP contribution in [0.3, 0.4) is 0 Å². The van der Waals surface area contributed by atoms with Crippen molar-refractivity contribution in [2.75, 3.05) is 18.5 Å². The minimum absolute atomic E-state index is 0.187. The van der Waals surface area contributed by atoms with E-state index in [4.69, 9.17) is 11.6 Å². The Labute approximate surface area is 99.8 Å². The van der Waals surface area contributed by atoms with Gasteiger partial charge in [0.2, 0.25) is 0 Å². The van der Waals surface area contributed by atoms with E-state index in [2.05, 4.69) is 15.0 Å². The molecule has 5 heteroatoms. The summed E-state index contributed by atoms with van der Waals surface area (Å²) in [4.78, 5) is 6.49. The Kier molecular flexibility index (Phi) is 3.29. The number of nitrogens with zero attached hydrogens (tertiary/aromatic N) is 4. The van der Waals surface area contributed by atoms with Crippen molar-refractivity contribution < 1.29 is 0 Å². The molecule has 4 nitrogen and oxygen atoms in total. The van der Waals surface area contributed by atoms with E-state index in [-0.39, 0.29) is 5.38 Å². The Morgan fingerprint density at radius 3 is 3.06 bits per heavy atom. The maximum Gasteiger partial charge on any atom is 0.154 e. The third-order valence-electron chi connectivity index (χ3n) is 2.53. The number of hydrogen-bond donors (Lipinski definition) is 0. The van der Waals surface area contributed by atoms with Crippen LogP contribution in [0.2, 0.25) is 0 Å². The summed E-state index contributed by atoms with van der Waals surface area (Å²) in [5.74, 6) is 0.942. The van der Waals surface area contributed by atoms with Crippen molar-refractivity contribution >= 4 is 22.9 Å². The molecule has 0 aliphatic rings. The molecule has 16 heavy (non-hydrogen) atoms. The Hall–Kier alpha value is -1.29. The molecule has 2 aromatic heterocycles. The second-order valence-corrected chi connectivity index (χ2v) is 4.65. The van der Waals surface area contributed by atoms with E-state index in [1.54, 1.807) is 12.4 Å². The van der Waals surface area contributed by atoms with Gasteiger partial charge in [-0.3, -0.25) is 0 Å². The monoisotopic (exact) mass is 238 g/mol. The SMILES string of the molecule is CC(Cl)CCN(C)c1nccn2nccc12. The first kappa shape index (κ1) is 11.2. The summed E-state index contributed by atoms with van der Waals surface area (Å²) in [5, 5.41) is 4.37. The molecule has 0 saturated heterocycles. The van der Waals surface area contributed by atoms with Gasteiger partial charge in [0.25, 0.3) is 0 Å². The van der Waals surface area contributed by atoms with Gasteiger partial charge in [0.15, 0.2) is 5.82 Å². The van der Waals surface area contributed by atoms with Crippen molar-refractivity contribution in [1.29, 1.82) is 0 Å². The smallest absolute Gasteiger partial charge is 0.154 e. The first-order chi connectivity index (χ1) is 7.68. The summed E-state index contributed by atoms with van der Waals surface area (Å²) in [6, 6.07) is 1.96. The van der Waals surface area contributed by atoms with Gasteiger partial charge >= 0.3 is 0 Å². The normalized spacial score (nSPS) is 12.9. The molecule has 1 unspecified atom stereocenters. The lowest BCUT2D eigenvalue weighted by molar-refractivity contribution is 0.764. The topological polar surface area (TPSA) is 33.4 Å². The minimum Gasteiger partial charge on any atom is -0.358 e. The van der Waals surface area contributed by atoms with Crippen LogP contribution in [0, 0.1) is 0 Å². The zero-order valence-corrected chi connectivity index (χ0v) is 10.2. The summed E-state index contributed by atoms with van der Waals surface area (Å²) >= 11 is 5.94. The first-order valence-electron chi connectivity index (χ1n) is 5.32. The van der Waals surface area contributed by atoms with E-state index in [0.29, 0.717) is 0 Å². The molecule has 0 fully saturated rings. The molecule has 0 N–H and O–H groups in total. The van der Waals surface area contributed by atoms with Gasteiger partial charge in [0.05, 0.1) is 6.20 Å². The second-order valence-electron chi connectivity index (χ2n) is 3.90. The fraction of sp³-hybridized carbons (Fsp3) is 0.455. The van der Waals surface area contributed by atoms with E-state index < -0.39 is 0 Å². The minimum atomic E-state index is 0.187. The third kappa shape index (κ3) is 2.27. The largest absolute Gasteiger partial charge is 0.358 e. The number of hydrogen-bond acceptors (Lipinski definition) is 3. The molecular formula is C11H15ClN4. The van der Waals surface area contributed by atoms with Crippen molar-refractivity contribution in [2.24, 2.45) is 0 Å². The molecule has 0 saturated carbocycles. The van der Waals surface area contributed by atoms with Gasteiger partial charge in [0.1, 0.15) is 5.52 Å². The molecule has 0 aromatic carbocycles. The highest BCUT2D eigenvalue weighted by Gasteiger charge is 2.08. The highest BCUT2D eigenvalue weighted by atomic mass is 35.5. The van der Waals surface area contributed by atoms with E-state index in [0.717, 1.165) is 24.3 Å². The van der Waals surface area contributed by atoms with Gasteiger partial charge in [-0.05, 0) is 19.4 Å². The van der Waals surface area contributed by atoms with E-state index in [1.165, 1.54) is 0 Å². The Bertz CT molecular complexity index is 466. The summed E-state index contributed by atoms with van der Waals surface area (Å²) < 4.78 is 1.82. The summed E-state index contributed by atoms with van der Waals surface area (Å²) in [6.45, 7) is 2.89. The molecule has 0 aliphatic carbocycles. The van der Waals surface area contributed by atoms with Crippen molar-refractivity contribution in [3.05, 3.63) is 24.7 Å². The molecule has 2 aromatic rings. The zero-order valence-electron chi connectivity index (χ0n) is 9.47. The quantitative estimate of drug-likeness (QED) is 0.766. The number of fused-ring (bicyclic) bond motifs is 1. The molecule has 0 spiro atoms. The van der Waals surface area contributed by atoms with Crippen LogP contribution in [0.5, 0.6) is 0 Å². The highest BCUT2D eigenvalue weighted by Crippen LogP contribution is 2.17. The van der Waals surface area contributed by atoms with Gasteiger partial charge in [-0.15, -0.1) is 11.6 Å². The molecule has 0 radical (unpaired) electrons. The van der Waals surface area contributed by atoms with Crippen LogP contribution in [0.25, 0.3) is 5.52 Å². The van der Waals surface area contributed by atoms with Crippen molar-refractivity contribution in [2.45, 2.75) is 18.7 Å². The number of alkyl halides is 1. The Morgan fingerprint density at radius 1 is 1.50 bits per heavy atom. The summed E-state index contributed by atoms with van der Waals surface area (Å²) in [6.07, 6.45) is 6.32. The molecule has 2 rings (SSSR count). The highest BCUT2D eigenvalue weighted by molar-refractivity contribution is 6.20. The van der Waals surface area contributed by atoms with Crippen LogP contribution >= 0.6 is 11.6 Å². The fourth-order valence-electron chi connectivity index (χ4n) is 1.61. The predicted molar refractivity (Wildman–Crippen MR) is 66.2 cm³/mol. The Balaban J connectivity index is 2.22. The zero-order chi connectivity index (χ0) is 11.5. The first-order valence-corrected chi connectivity index (χ1v) is 5.75. The molecule has 1 atom stereocenters. The molecule has 0 amide bonds. The van der Waals surface area contributed by atoms with Crippen LogP contribution in [-0.2, 0) is 0 Å². The van der Waals surface area contributed by atoms with E-state index >= 15 is 0 Å². The third-order valence-corrected chi connectivity index (χ3v) is 2.75. The number of halogens is 1. The lowest BCUT2D eigenvalue weighted by Crippen LogP contribution is -2.22. The molecule has 2 heterocycles. The van der Waals surface area contributed by atoms with Crippen LogP contribution < -0.4 is 4.90 Å². The molecule has 86 valence electrons. The molecule has 0 bridgehead atoms. The number of rotatable bonds is 4. The van der Waals surface area contributed by atoms with E-state index in [9.17, 15) is 0 Å². The maximum absolute atomic E-state index is 5.94. The Morgan fingerprint density at radius 2 is 2.31 bits per heavy atom. The van der Waals surface area contributed by atoms with Crippen LogP contribution in [-0.4, -0.2) is 33.6 Å². The van der Waals surface area contributed by atoms with Crippen molar-refractivity contribution in [3.63, 3.8) is 0 Å². The lowest BCUT2D eigenvalue weighted by atomic mass is 10.3. The standard InChI is InChI=1S/C11H15ClN4/c1-9(12)4-7-15(2)11-10-3-5-14-16(10)8-6-13-11/h3,5-6,8-9H,4,7H2,1-2H3. The van der Waals surface area contributed by atoms with Gasteiger partial charge in [0, 0.05) is 31.4 Å². The van der Waals surface area contributed by atoms with Gasteiger partial charge in [-0.2, -0.15) is 5.10 Å². The average Bonchev–Trinajstić information content (AvgIpc) is 2.73. The van der Waals surface area contributed by atoms with Gasteiger partial charge < -0.3 is 4.90 Å². The predicted octanol–water partition coefficient (Wildman–Crippen LogP) is 2.18. The number of aromatic nitrogens is 3. The summed E-state index contributed by atoms with van der Waals surface area (Å²) in [5.41, 5.74) is 1.02. The second kappa shape index (κ2) is 4.70. The van der Waals surface area contributed by atoms with Crippen molar-refractivity contribution in [1.82, 2.24) is 14.6 Å². The summed E-state index contributed by atoms with van der Waals surface area (Å²) in [7, 11) is 2.02. The van der Waals surface area contributed by atoms with Crippen LogP contribution in [0.15, 0.2) is 24.7 Å². The average molecular weight is 239 g/mol. The maximum atomic E-state index is 5.94. The molecule has 0 aliphatic heterocycles. The van der Waals surface area contributed by atoms with Gasteiger partial charge in [-0.25, -0.2) is 9.50 Å². The van der Waals surface area contributed by atoms with Crippen molar-refractivity contribution in [3.8, 4) is 0 Å². The molecular weight excluding hydrogens is 224 g/mol. The van der Waals surface area contributed by atoms with E-state index in [1.807, 2.05) is 30.8 Å². The van der Waals surface area contributed by atoms with Gasteiger partial charge in [-0.1, -0.05) is 0 Å². The fourth-order valence-corrected chi connectivity index (χ4v) is 1.71. The van der Waals surface area contributed by atoms with Crippen LogP contribution in [0.1, 0.15) is 13.3 Å². The lowest BCUT2D eigenvalue weighted by Gasteiger charge is -2.19. The number of anilines is 1.